The number of halogens is 1. The average molecular weight is 521 g/mol. The number of hydrogen-bond acceptors (Lipinski definition) is 4. The molecule has 0 aliphatic carbocycles. The van der Waals surface area contributed by atoms with E-state index >= 15 is 0 Å². The summed E-state index contributed by atoms with van der Waals surface area (Å²) in [5.41, 5.74) is 3.50. The van der Waals surface area contributed by atoms with Crippen LogP contribution < -0.4 is 14.4 Å². The zero-order valence-corrected chi connectivity index (χ0v) is 21.4. The van der Waals surface area contributed by atoms with Crippen molar-refractivity contribution in [2.75, 3.05) is 23.3 Å². The van der Waals surface area contributed by atoms with Crippen molar-refractivity contribution in [2.24, 2.45) is 0 Å². The van der Waals surface area contributed by atoms with E-state index in [0.717, 1.165) is 21.0 Å². The van der Waals surface area contributed by atoms with E-state index in [1.807, 2.05) is 55.5 Å². The first-order valence-electron chi connectivity index (χ1n) is 11.2. The van der Waals surface area contributed by atoms with Crippen LogP contribution in [0, 0.1) is 6.92 Å². The van der Waals surface area contributed by atoms with Crippen LogP contribution in [0.1, 0.15) is 5.56 Å². The number of ether oxygens (including phenoxy) is 1. The van der Waals surface area contributed by atoms with E-state index in [9.17, 15) is 13.2 Å². The fourth-order valence-electron chi connectivity index (χ4n) is 3.74. The molecule has 0 aliphatic rings. The Bertz CT molecular complexity index is 1470. The van der Waals surface area contributed by atoms with Crippen molar-refractivity contribution in [1.82, 2.24) is 0 Å². The summed E-state index contributed by atoms with van der Waals surface area (Å²) in [5, 5.41) is 3.11. The molecule has 0 heterocycles. The Balaban J connectivity index is 1.69. The van der Waals surface area contributed by atoms with Crippen LogP contribution in [0.4, 0.5) is 11.4 Å². The van der Waals surface area contributed by atoms with Crippen LogP contribution in [0.15, 0.2) is 102 Å². The molecule has 0 fully saturated rings. The molecule has 1 amide bonds. The molecule has 0 aliphatic heterocycles. The molecule has 0 saturated heterocycles. The summed E-state index contributed by atoms with van der Waals surface area (Å²) in [6.07, 6.45) is 0. The lowest BCUT2D eigenvalue weighted by Gasteiger charge is -2.25. The number of anilines is 2. The van der Waals surface area contributed by atoms with Crippen molar-refractivity contribution in [3.8, 4) is 16.9 Å². The molecule has 4 aromatic carbocycles. The van der Waals surface area contributed by atoms with Gasteiger partial charge in [-0.15, -0.1) is 0 Å². The zero-order valence-electron chi connectivity index (χ0n) is 19.8. The predicted molar refractivity (Wildman–Crippen MR) is 144 cm³/mol. The molecular formula is C28H25ClN2O4S. The number of para-hydroxylation sites is 1. The predicted octanol–water partition coefficient (Wildman–Crippen LogP) is 6.16. The van der Waals surface area contributed by atoms with Gasteiger partial charge in [0.1, 0.15) is 12.3 Å². The molecule has 4 aromatic rings. The van der Waals surface area contributed by atoms with Crippen molar-refractivity contribution < 1.29 is 17.9 Å². The Morgan fingerprint density at radius 2 is 1.58 bits per heavy atom. The highest BCUT2D eigenvalue weighted by atomic mass is 35.5. The van der Waals surface area contributed by atoms with E-state index in [2.05, 4.69) is 5.32 Å². The normalized spacial score (nSPS) is 11.1. The van der Waals surface area contributed by atoms with Gasteiger partial charge in [-0.25, -0.2) is 8.42 Å². The molecule has 0 spiro atoms. The molecule has 0 unspecified atom stereocenters. The largest absolute Gasteiger partial charge is 0.495 e. The van der Waals surface area contributed by atoms with Gasteiger partial charge >= 0.3 is 0 Å². The fraction of sp³-hybridized carbons (Fsp3) is 0.107. The lowest BCUT2D eigenvalue weighted by Crippen LogP contribution is -2.38. The molecule has 4 rings (SSSR count). The maximum atomic E-state index is 13.7. The number of rotatable bonds is 8. The summed E-state index contributed by atoms with van der Waals surface area (Å²) < 4.78 is 33.6. The maximum Gasteiger partial charge on any atom is 0.264 e. The SMILES string of the molecule is COc1ccc(N(CC(=O)Nc2ccccc2-c2ccccc2)S(=O)(=O)c2ccc(C)cc2)cc1Cl. The van der Waals surface area contributed by atoms with Crippen molar-refractivity contribution in [3.05, 3.63) is 108 Å². The van der Waals surface area contributed by atoms with Gasteiger partial charge in [0.25, 0.3) is 10.0 Å². The van der Waals surface area contributed by atoms with Crippen LogP contribution in [-0.4, -0.2) is 28.0 Å². The lowest BCUT2D eigenvalue weighted by molar-refractivity contribution is -0.114. The highest BCUT2D eigenvalue weighted by Crippen LogP contribution is 2.32. The maximum absolute atomic E-state index is 13.7. The molecule has 1 N–H and O–H groups in total. The Morgan fingerprint density at radius 1 is 0.917 bits per heavy atom. The minimum atomic E-state index is -4.08. The summed E-state index contributed by atoms with van der Waals surface area (Å²) in [7, 11) is -2.61. The first kappa shape index (κ1) is 25.3. The first-order chi connectivity index (χ1) is 17.3. The minimum Gasteiger partial charge on any atom is -0.495 e. The van der Waals surface area contributed by atoms with E-state index in [0.29, 0.717) is 11.4 Å². The first-order valence-corrected chi connectivity index (χ1v) is 13.0. The van der Waals surface area contributed by atoms with Gasteiger partial charge < -0.3 is 10.1 Å². The smallest absolute Gasteiger partial charge is 0.264 e. The third kappa shape index (κ3) is 5.53. The molecule has 184 valence electrons. The van der Waals surface area contributed by atoms with Crippen LogP contribution >= 0.6 is 11.6 Å². The molecular weight excluding hydrogens is 496 g/mol. The van der Waals surface area contributed by atoms with Crippen LogP contribution in [0.2, 0.25) is 5.02 Å². The number of sulfonamides is 1. The van der Waals surface area contributed by atoms with Crippen LogP contribution in [0.5, 0.6) is 5.75 Å². The average Bonchev–Trinajstić information content (AvgIpc) is 2.88. The Labute approximate surface area is 216 Å². The number of aryl methyl sites for hydroxylation is 1. The second-order valence-electron chi connectivity index (χ2n) is 8.10. The highest BCUT2D eigenvalue weighted by molar-refractivity contribution is 7.92. The summed E-state index contributed by atoms with van der Waals surface area (Å²) in [6.45, 7) is 1.41. The van der Waals surface area contributed by atoms with E-state index in [4.69, 9.17) is 16.3 Å². The van der Waals surface area contributed by atoms with Gasteiger partial charge in [0.2, 0.25) is 5.91 Å². The third-order valence-corrected chi connectivity index (χ3v) is 7.69. The molecule has 0 radical (unpaired) electrons. The van der Waals surface area contributed by atoms with Gasteiger partial charge in [0.15, 0.2) is 0 Å². The third-order valence-electron chi connectivity index (χ3n) is 5.61. The van der Waals surface area contributed by atoms with Crippen LogP contribution in [-0.2, 0) is 14.8 Å². The number of nitrogens with zero attached hydrogens (tertiary/aromatic N) is 1. The standard InChI is InChI=1S/C28H25ClN2O4S/c1-20-12-15-23(16-13-20)36(33,34)31(22-14-17-27(35-2)25(29)18-22)19-28(32)30-26-11-7-6-10-24(26)21-8-4-3-5-9-21/h3-18H,19H2,1-2H3,(H,30,32). The van der Waals surface area contributed by atoms with E-state index in [1.165, 1.54) is 25.3 Å². The van der Waals surface area contributed by atoms with Crippen LogP contribution in [0.3, 0.4) is 0 Å². The summed E-state index contributed by atoms with van der Waals surface area (Å²) in [5.74, 6) is -0.102. The lowest BCUT2D eigenvalue weighted by atomic mass is 10.0. The molecule has 0 atom stereocenters. The van der Waals surface area contributed by atoms with Crippen LogP contribution in [0.25, 0.3) is 11.1 Å². The number of nitrogens with one attached hydrogen (secondary N) is 1. The summed E-state index contributed by atoms with van der Waals surface area (Å²) in [4.78, 5) is 13.3. The highest BCUT2D eigenvalue weighted by Gasteiger charge is 2.28. The molecule has 0 saturated carbocycles. The van der Waals surface area contributed by atoms with Gasteiger partial charge in [-0.3, -0.25) is 9.10 Å². The zero-order chi connectivity index (χ0) is 25.7. The summed E-state index contributed by atoms with van der Waals surface area (Å²) >= 11 is 6.30. The number of amides is 1. The minimum absolute atomic E-state index is 0.0672. The number of carbonyl (C=O) groups excluding carboxylic acids is 1. The number of benzene rings is 4. The van der Waals surface area contributed by atoms with E-state index in [1.54, 1.807) is 30.3 Å². The Morgan fingerprint density at radius 3 is 2.25 bits per heavy atom. The summed E-state index contributed by atoms with van der Waals surface area (Å²) in [6, 6.07) is 28.1. The van der Waals surface area contributed by atoms with Gasteiger partial charge in [0, 0.05) is 11.3 Å². The van der Waals surface area contributed by atoms with Gasteiger partial charge in [-0.1, -0.05) is 77.8 Å². The van der Waals surface area contributed by atoms with Crippen molar-refractivity contribution >= 4 is 38.9 Å². The van der Waals surface area contributed by atoms with Crippen molar-refractivity contribution in [1.29, 1.82) is 0 Å². The number of hydrogen-bond donors (Lipinski definition) is 1. The van der Waals surface area contributed by atoms with E-state index in [-0.39, 0.29) is 15.6 Å². The molecule has 8 heteroatoms. The molecule has 0 bridgehead atoms. The topological polar surface area (TPSA) is 75.7 Å². The van der Waals surface area contributed by atoms with E-state index < -0.39 is 22.5 Å². The second kappa shape index (κ2) is 10.8. The number of carbonyl (C=O) groups is 1. The number of methoxy groups -OCH3 is 1. The Hall–Kier alpha value is -3.81. The second-order valence-corrected chi connectivity index (χ2v) is 10.4. The fourth-order valence-corrected chi connectivity index (χ4v) is 5.41. The van der Waals surface area contributed by atoms with Gasteiger partial charge in [-0.05, 0) is 48.9 Å². The van der Waals surface area contributed by atoms with Gasteiger partial charge in [-0.2, -0.15) is 0 Å². The quantitative estimate of drug-likeness (QED) is 0.302. The van der Waals surface area contributed by atoms with Crippen molar-refractivity contribution in [3.63, 3.8) is 0 Å². The monoisotopic (exact) mass is 520 g/mol. The molecule has 0 aromatic heterocycles. The van der Waals surface area contributed by atoms with Gasteiger partial charge in [0.05, 0.1) is 22.7 Å². The Kier molecular flexibility index (Phi) is 7.62. The molecule has 6 nitrogen and oxygen atoms in total. The molecule has 36 heavy (non-hydrogen) atoms. The van der Waals surface area contributed by atoms with Crippen molar-refractivity contribution in [2.45, 2.75) is 11.8 Å².